The summed E-state index contributed by atoms with van der Waals surface area (Å²) in [6, 6.07) is 6.37. The van der Waals surface area contributed by atoms with Gasteiger partial charge in [-0.05, 0) is 42.4 Å². The molecule has 1 aromatic rings. The van der Waals surface area contributed by atoms with Crippen molar-refractivity contribution in [1.82, 2.24) is 0 Å². The lowest BCUT2D eigenvalue weighted by atomic mass is 9.69. The van der Waals surface area contributed by atoms with Gasteiger partial charge < -0.3 is 10.5 Å². The van der Waals surface area contributed by atoms with E-state index in [1.54, 1.807) is 0 Å². The van der Waals surface area contributed by atoms with Gasteiger partial charge in [0.1, 0.15) is 5.75 Å². The minimum Gasteiger partial charge on any atom is -0.493 e. The number of nitrogens with two attached hydrogens (primary N) is 1. The molecule has 2 nitrogen and oxygen atoms in total. The molecule has 0 heterocycles. The molecular weight excluding hydrogens is 234 g/mol. The summed E-state index contributed by atoms with van der Waals surface area (Å²) in [5, 5.41) is 0. The molecule has 0 saturated heterocycles. The first kappa shape index (κ1) is 14.4. The summed E-state index contributed by atoms with van der Waals surface area (Å²) in [5.41, 5.74) is 8.92. The average Bonchev–Trinajstić information content (AvgIpc) is 2.28. The lowest BCUT2D eigenvalue weighted by Crippen LogP contribution is -2.42. The van der Waals surface area contributed by atoms with Gasteiger partial charge in [0, 0.05) is 12.0 Å². The number of hydrogen-bond acceptors (Lipinski definition) is 2. The van der Waals surface area contributed by atoms with Crippen LogP contribution in [-0.4, -0.2) is 13.2 Å². The molecule has 1 fully saturated rings. The van der Waals surface area contributed by atoms with Crippen LogP contribution in [0.25, 0.3) is 0 Å². The summed E-state index contributed by atoms with van der Waals surface area (Å²) >= 11 is 0. The van der Waals surface area contributed by atoms with Crippen LogP contribution >= 0.6 is 0 Å². The molecule has 106 valence electrons. The smallest absolute Gasteiger partial charge is 0.122 e. The highest BCUT2D eigenvalue weighted by molar-refractivity contribution is 5.42. The number of hydrogen-bond donors (Lipinski definition) is 1. The normalized spacial score (nSPS) is 17.9. The van der Waals surface area contributed by atoms with E-state index < -0.39 is 0 Å². The summed E-state index contributed by atoms with van der Waals surface area (Å²) in [6.45, 7) is 10.4. The SMILES string of the molecule is Cc1c(OCC2(CN)CCC2)cccc1C(C)(C)C. The lowest BCUT2D eigenvalue weighted by Gasteiger charge is -2.40. The van der Waals surface area contributed by atoms with E-state index in [4.69, 9.17) is 10.5 Å². The zero-order valence-corrected chi connectivity index (χ0v) is 12.8. The molecule has 0 radical (unpaired) electrons. The average molecular weight is 261 g/mol. The second-order valence-electron chi connectivity index (χ2n) is 7.03. The van der Waals surface area contributed by atoms with Crippen molar-refractivity contribution >= 4 is 0 Å². The molecule has 0 bridgehead atoms. The van der Waals surface area contributed by atoms with E-state index in [0.717, 1.165) is 18.9 Å². The molecule has 1 aliphatic rings. The van der Waals surface area contributed by atoms with Gasteiger partial charge in [-0.25, -0.2) is 0 Å². The zero-order valence-electron chi connectivity index (χ0n) is 12.8. The fraction of sp³-hybridized carbons (Fsp3) is 0.647. The van der Waals surface area contributed by atoms with E-state index in [9.17, 15) is 0 Å². The van der Waals surface area contributed by atoms with Crippen molar-refractivity contribution in [2.75, 3.05) is 13.2 Å². The fourth-order valence-electron chi connectivity index (χ4n) is 2.90. The molecule has 0 spiro atoms. The molecule has 1 saturated carbocycles. The maximum absolute atomic E-state index is 6.09. The van der Waals surface area contributed by atoms with Gasteiger partial charge in [0.25, 0.3) is 0 Å². The Bertz CT molecular complexity index is 436. The Morgan fingerprint density at radius 3 is 2.42 bits per heavy atom. The quantitative estimate of drug-likeness (QED) is 0.894. The van der Waals surface area contributed by atoms with Crippen LogP contribution in [0.1, 0.15) is 51.2 Å². The first-order valence-corrected chi connectivity index (χ1v) is 7.31. The van der Waals surface area contributed by atoms with Crippen molar-refractivity contribution in [3.63, 3.8) is 0 Å². The molecular formula is C17H27NO. The predicted molar refractivity (Wildman–Crippen MR) is 80.7 cm³/mol. The van der Waals surface area contributed by atoms with E-state index in [0.29, 0.717) is 0 Å². The van der Waals surface area contributed by atoms with E-state index in [1.165, 1.54) is 30.4 Å². The van der Waals surface area contributed by atoms with Gasteiger partial charge in [0.05, 0.1) is 6.61 Å². The molecule has 0 unspecified atom stereocenters. The molecule has 1 aliphatic carbocycles. The van der Waals surface area contributed by atoms with E-state index in [1.807, 2.05) is 0 Å². The van der Waals surface area contributed by atoms with Gasteiger partial charge in [0.15, 0.2) is 0 Å². The Kier molecular flexibility index (Phi) is 3.91. The number of benzene rings is 1. The van der Waals surface area contributed by atoms with E-state index in [-0.39, 0.29) is 10.8 Å². The molecule has 0 amide bonds. The molecule has 1 aromatic carbocycles. The molecule has 2 heteroatoms. The molecule has 2 N–H and O–H groups in total. The van der Waals surface area contributed by atoms with Crippen LogP contribution in [0.5, 0.6) is 5.75 Å². The van der Waals surface area contributed by atoms with Crippen molar-refractivity contribution in [2.45, 2.75) is 52.4 Å². The number of rotatable bonds is 4. The van der Waals surface area contributed by atoms with Gasteiger partial charge in [-0.1, -0.05) is 39.3 Å². The van der Waals surface area contributed by atoms with Gasteiger partial charge in [-0.3, -0.25) is 0 Å². The largest absolute Gasteiger partial charge is 0.493 e. The van der Waals surface area contributed by atoms with Gasteiger partial charge in [0.2, 0.25) is 0 Å². The second kappa shape index (κ2) is 5.16. The van der Waals surface area contributed by atoms with Crippen molar-refractivity contribution < 1.29 is 4.74 Å². The Labute approximate surface area is 117 Å². The Morgan fingerprint density at radius 2 is 1.95 bits per heavy atom. The van der Waals surface area contributed by atoms with Crippen molar-refractivity contribution in [3.05, 3.63) is 29.3 Å². The molecule has 0 aliphatic heterocycles. The van der Waals surface area contributed by atoms with Crippen LogP contribution in [-0.2, 0) is 5.41 Å². The zero-order chi connectivity index (χ0) is 14.1. The highest BCUT2D eigenvalue weighted by atomic mass is 16.5. The summed E-state index contributed by atoms with van der Waals surface area (Å²) in [7, 11) is 0. The maximum Gasteiger partial charge on any atom is 0.122 e. The van der Waals surface area contributed by atoms with Crippen LogP contribution in [0.15, 0.2) is 18.2 Å². The third kappa shape index (κ3) is 2.94. The molecule has 0 aromatic heterocycles. The predicted octanol–water partition coefficient (Wildman–Crippen LogP) is 3.80. The minimum absolute atomic E-state index is 0.158. The minimum atomic E-state index is 0.158. The third-order valence-corrected chi connectivity index (χ3v) is 4.47. The Hall–Kier alpha value is -1.02. The van der Waals surface area contributed by atoms with E-state index in [2.05, 4.69) is 45.9 Å². The van der Waals surface area contributed by atoms with Crippen LogP contribution in [0.4, 0.5) is 0 Å². The van der Waals surface area contributed by atoms with Gasteiger partial charge in [-0.2, -0.15) is 0 Å². The first-order chi connectivity index (χ1) is 8.88. The molecule has 0 atom stereocenters. The summed E-state index contributed by atoms with van der Waals surface area (Å²) < 4.78 is 6.09. The van der Waals surface area contributed by atoms with Gasteiger partial charge in [-0.15, -0.1) is 0 Å². The van der Waals surface area contributed by atoms with Crippen LogP contribution in [0.3, 0.4) is 0 Å². The summed E-state index contributed by atoms with van der Waals surface area (Å²) in [5.74, 6) is 1.02. The second-order valence-corrected chi connectivity index (χ2v) is 7.03. The van der Waals surface area contributed by atoms with Crippen LogP contribution < -0.4 is 10.5 Å². The first-order valence-electron chi connectivity index (χ1n) is 7.31. The summed E-state index contributed by atoms with van der Waals surface area (Å²) in [4.78, 5) is 0. The van der Waals surface area contributed by atoms with E-state index >= 15 is 0 Å². The maximum atomic E-state index is 6.09. The van der Waals surface area contributed by atoms with Gasteiger partial charge >= 0.3 is 0 Å². The Morgan fingerprint density at radius 1 is 1.26 bits per heavy atom. The Balaban J connectivity index is 2.13. The molecule has 2 rings (SSSR count). The van der Waals surface area contributed by atoms with Crippen LogP contribution in [0, 0.1) is 12.3 Å². The summed E-state index contributed by atoms with van der Waals surface area (Å²) in [6.07, 6.45) is 3.71. The number of ether oxygens (including phenoxy) is 1. The van der Waals surface area contributed by atoms with Crippen molar-refractivity contribution in [2.24, 2.45) is 11.1 Å². The lowest BCUT2D eigenvalue weighted by molar-refractivity contribution is 0.0663. The highest BCUT2D eigenvalue weighted by Crippen LogP contribution is 2.41. The highest BCUT2D eigenvalue weighted by Gasteiger charge is 2.36. The fourth-order valence-corrected chi connectivity index (χ4v) is 2.90. The monoisotopic (exact) mass is 261 g/mol. The topological polar surface area (TPSA) is 35.2 Å². The third-order valence-electron chi connectivity index (χ3n) is 4.47. The molecule has 19 heavy (non-hydrogen) atoms. The van der Waals surface area contributed by atoms with Crippen molar-refractivity contribution in [1.29, 1.82) is 0 Å². The van der Waals surface area contributed by atoms with Crippen molar-refractivity contribution in [3.8, 4) is 5.75 Å². The van der Waals surface area contributed by atoms with Crippen LogP contribution in [0.2, 0.25) is 0 Å². The standard InChI is InChI=1S/C17H27NO/c1-13-14(16(2,3)4)7-5-8-15(13)19-12-17(11-18)9-6-10-17/h5,7-8H,6,9-12,18H2,1-4H3.